The van der Waals surface area contributed by atoms with Gasteiger partial charge in [0.2, 0.25) is 0 Å². The van der Waals surface area contributed by atoms with Gasteiger partial charge in [-0.25, -0.2) is 0 Å². The Labute approximate surface area is 122 Å². The first-order valence-electron chi connectivity index (χ1n) is 4.98. The second-order valence-corrected chi connectivity index (χ2v) is 5.67. The third-order valence-electron chi connectivity index (χ3n) is 2.46. The van der Waals surface area contributed by atoms with Gasteiger partial charge in [0.1, 0.15) is 5.76 Å². The highest BCUT2D eigenvalue weighted by molar-refractivity contribution is 9.10. The van der Waals surface area contributed by atoms with Crippen LogP contribution >= 0.6 is 43.5 Å². The summed E-state index contributed by atoms with van der Waals surface area (Å²) >= 11 is 13.0. The van der Waals surface area contributed by atoms with Gasteiger partial charge in [0.05, 0.1) is 16.8 Å². The molecule has 1 aromatic heterocycles. The molecule has 2 rings (SSSR count). The zero-order chi connectivity index (χ0) is 12.4. The minimum absolute atomic E-state index is 0.0487. The lowest BCUT2D eigenvalue weighted by atomic mass is 10.1. The largest absolute Gasteiger partial charge is 0.466 e. The van der Waals surface area contributed by atoms with Crippen LogP contribution in [0.5, 0.6) is 0 Å². The van der Waals surface area contributed by atoms with E-state index in [0.717, 1.165) is 20.3 Å². The van der Waals surface area contributed by atoms with Gasteiger partial charge in [0.15, 0.2) is 0 Å². The van der Waals surface area contributed by atoms with Gasteiger partial charge in [-0.2, -0.15) is 0 Å². The third-order valence-corrected chi connectivity index (χ3v) is 4.08. The standard InChI is InChI=1S/C12H10Br2ClNO/c1-16-11(12-10(14)4-5-17-12)8-6-7(15)2-3-9(8)13/h2-6,11,16H,1H3. The van der Waals surface area contributed by atoms with Crippen molar-refractivity contribution in [2.75, 3.05) is 7.05 Å². The fourth-order valence-corrected chi connectivity index (χ4v) is 2.76. The molecule has 5 heteroatoms. The molecule has 1 heterocycles. The summed E-state index contributed by atoms with van der Waals surface area (Å²) in [5, 5.41) is 3.92. The van der Waals surface area contributed by atoms with Crippen molar-refractivity contribution in [2.24, 2.45) is 0 Å². The molecule has 0 fully saturated rings. The summed E-state index contributed by atoms with van der Waals surface area (Å²) in [5.41, 5.74) is 1.04. The summed E-state index contributed by atoms with van der Waals surface area (Å²) in [6.07, 6.45) is 1.65. The Bertz CT molecular complexity index is 527. The van der Waals surface area contributed by atoms with Crippen molar-refractivity contribution in [2.45, 2.75) is 6.04 Å². The normalized spacial score (nSPS) is 12.7. The number of hydrogen-bond donors (Lipinski definition) is 1. The van der Waals surface area contributed by atoms with Crippen molar-refractivity contribution in [3.63, 3.8) is 0 Å². The molecule has 1 atom stereocenters. The maximum atomic E-state index is 6.03. The fraction of sp³-hybridized carbons (Fsp3) is 0.167. The first-order valence-corrected chi connectivity index (χ1v) is 6.95. The van der Waals surface area contributed by atoms with E-state index in [9.17, 15) is 0 Å². The van der Waals surface area contributed by atoms with Gasteiger partial charge in [-0.15, -0.1) is 0 Å². The highest BCUT2D eigenvalue weighted by Crippen LogP contribution is 2.34. The smallest absolute Gasteiger partial charge is 0.139 e. The molecule has 0 saturated carbocycles. The Morgan fingerprint density at radius 2 is 2.00 bits per heavy atom. The predicted octanol–water partition coefficient (Wildman–Crippen LogP) is 4.77. The topological polar surface area (TPSA) is 25.2 Å². The molecule has 1 unspecified atom stereocenters. The Kier molecular flexibility index (Phi) is 4.31. The number of rotatable bonds is 3. The molecule has 0 aliphatic heterocycles. The van der Waals surface area contributed by atoms with E-state index in [-0.39, 0.29) is 6.04 Å². The second kappa shape index (κ2) is 5.57. The zero-order valence-corrected chi connectivity index (χ0v) is 12.9. The monoisotopic (exact) mass is 377 g/mol. The van der Waals surface area contributed by atoms with Gasteiger partial charge in [-0.3, -0.25) is 0 Å². The molecule has 1 N–H and O–H groups in total. The first kappa shape index (κ1) is 13.1. The second-order valence-electron chi connectivity index (χ2n) is 3.52. The number of furan rings is 1. The highest BCUT2D eigenvalue weighted by atomic mass is 79.9. The maximum absolute atomic E-state index is 6.03. The molecule has 2 aromatic rings. The van der Waals surface area contributed by atoms with Crippen LogP contribution in [0.2, 0.25) is 5.02 Å². The Morgan fingerprint density at radius 3 is 2.59 bits per heavy atom. The first-order chi connectivity index (χ1) is 8.13. The summed E-state index contributed by atoms with van der Waals surface area (Å²) in [5.74, 6) is 0.829. The molecular formula is C12H10Br2ClNO. The number of benzene rings is 1. The molecule has 0 saturated heterocycles. The Morgan fingerprint density at radius 1 is 1.24 bits per heavy atom. The van der Waals surface area contributed by atoms with Crippen LogP contribution in [0.4, 0.5) is 0 Å². The molecule has 0 bridgehead atoms. The van der Waals surface area contributed by atoms with Gasteiger partial charge >= 0.3 is 0 Å². The van der Waals surface area contributed by atoms with Gasteiger partial charge in [-0.1, -0.05) is 27.5 Å². The molecular weight excluding hydrogens is 369 g/mol. The lowest BCUT2D eigenvalue weighted by Crippen LogP contribution is -2.18. The SMILES string of the molecule is CNC(c1cc(Cl)ccc1Br)c1occc1Br. The van der Waals surface area contributed by atoms with E-state index >= 15 is 0 Å². The molecule has 90 valence electrons. The van der Waals surface area contributed by atoms with Crippen molar-refractivity contribution in [1.29, 1.82) is 0 Å². The van der Waals surface area contributed by atoms with E-state index in [1.54, 1.807) is 6.26 Å². The van der Waals surface area contributed by atoms with E-state index in [4.69, 9.17) is 16.0 Å². The van der Waals surface area contributed by atoms with Crippen LogP contribution in [0.15, 0.2) is 43.9 Å². The van der Waals surface area contributed by atoms with Gasteiger partial charge in [-0.05, 0) is 52.8 Å². The van der Waals surface area contributed by atoms with E-state index in [2.05, 4.69) is 37.2 Å². The molecule has 1 aromatic carbocycles. The summed E-state index contributed by atoms with van der Waals surface area (Å²) in [6, 6.07) is 7.52. The van der Waals surface area contributed by atoms with Crippen LogP contribution in [0, 0.1) is 0 Å². The zero-order valence-electron chi connectivity index (χ0n) is 9.01. The van der Waals surface area contributed by atoms with E-state index in [1.165, 1.54) is 0 Å². The highest BCUT2D eigenvalue weighted by Gasteiger charge is 2.20. The van der Waals surface area contributed by atoms with Crippen LogP contribution in [0.1, 0.15) is 17.4 Å². The van der Waals surface area contributed by atoms with Crippen molar-refractivity contribution in [1.82, 2.24) is 5.32 Å². The van der Waals surface area contributed by atoms with Crippen LogP contribution in [0.25, 0.3) is 0 Å². The van der Waals surface area contributed by atoms with E-state index in [0.29, 0.717) is 5.02 Å². The number of hydrogen-bond acceptors (Lipinski definition) is 2. The van der Waals surface area contributed by atoms with Crippen LogP contribution in [-0.4, -0.2) is 7.05 Å². The summed E-state index contributed by atoms with van der Waals surface area (Å²) in [4.78, 5) is 0. The maximum Gasteiger partial charge on any atom is 0.139 e. The summed E-state index contributed by atoms with van der Waals surface area (Å²) < 4.78 is 7.42. The Hall–Kier alpha value is -0.290. The molecule has 0 aliphatic rings. The fourth-order valence-electron chi connectivity index (χ4n) is 1.68. The van der Waals surface area contributed by atoms with Crippen molar-refractivity contribution < 1.29 is 4.42 Å². The molecule has 0 aliphatic carbocycles. The minimum Gasteiger partial charge on any atom is -0.466 e. The van der Waals surface area contributed by atoms with Crippen LogP contribution in [0.3, 0.4) is 0 Å². The number of halogens is 3. The summed E-state index contributed by atoms with van der Waals surface area (Å²) in [6.45, 7) is 0. The Balaban J connectivity index is 2.49. The molecule has 0 radical (unpaired) electrons. The van der Waals surface area contributed by atoms with Crippen molar-refractivity contribution in [3.8, 4) is 0 Å². The average molecular weight is 379 g/mol. The average Bonchev–Trinajstić information content (AvgIpc) is 2.71. The van der Waals surface area contributed by atoms with Crippen LogP contribution in [-0.2, 0) is 0 Å². The summed E-state index contributed by atoms with van der Waals surface area (Å²) in [7, 11) is 1.88. The molecule has 0 amide bonds. The molecule has 17 heavy (non-hydrogen) atoms. The quantitative estimate of drug-likeness (QED) is 0.831. The van der Waals surface area contributed by atoms with Crippen molar-refractivity contribution >= 4 is 43.5 Å². The lowest BCUT2D eigenvalue weighted by Gasteiger charge is -2.16. The van der Waals surface area contributed by atoms with E-state index < -0.39 is 0 Å². The van der Waals surface area contributed by atoms with Crippen LogP contribution < -0.4 is 5.32 Å². The third kappa shape index (κ3) is 2.76. The minimum atomic E-state index is -0.0487. The van der Waals surface area contributed by atoms with Gasteiger partial charge < -0.3 is 9.73 Å². The van der Waals surface area contributed by atoms with E-state index in [1.807, 2.05) is 31.3 Å². The molecule has 2 nitrogen and oxygen atoms in total. The number of nitrogens with one attached hydrogen (secondary N) is 1. The van der Waals surface area contributed by atoms with Crippen molar-refractivity contribution in [3.05, 3.63) is 55.8 Å². The lowest BCUT2D eigenvalue weighted by molar-refractivity contribution is 0.460. The molecule has 0 spiro atoms. The predicted molar refractivity (Wildman–Crippen MR) is 76.5 cm³/mol. The van der Waals surface area contributed by atoms with Gasteiger partial charge in [0.25, 0.3) is 0 Å². The van der Waals surface area contributed by atoms with Gasteiger partial charge in [0, 0.05) is 9.50 Å².